The van der Waals surface area contributed by atoms with Gasteiger partial charge in [-0.15, -0.1) is 0 Å². The predicted molar refractivity (Wildman–Crippen MR) is 102 cm³/mol. The number of thiazole rings is 1. The molecule has 0 amide bonds. The van der Waals surface area contributed by atoms with Gasteiger partial charge in [0.1, 0.15) is 5.75 Å². The average molecular weight is 355 g/mol. The molecule has 0 saturated carbocycles. The number of nitrogens with one attached hydrogen (secondary N) is 1. The molecule has 0 bridgehead atoms. The van der Waals surface area contributed by atoms with Crippen molar-refractivity contribution in [1.82, 2.24) is 9.38 Å². The van der Waals surface area contributed by atoms with Gasteiger partial charge in [-0.25, -0.2) is 4.98 Å². The number of nitrogens with zero attached hydrogens (tertiary/aromatic N) is 2. The molecule has 25 heavy (non-hydrogen) atoms. The molecule has 0 atom stereocenters. The monoisotopic (exact) mass is 355 g/mol. The highest BCUT2D eigenvalue weighted by Crippen LogP contribution is 2.32. The normalized spacial score (nSPS) is 11.3. The zero-order valence-electron chi connectivity index (χ0n) is 13.8. The molecule has 0 spiro atoms. The first kappa shape index (κ1) is 15.9. The van der Waals surface area contributed by atoms with Crippen molar-refractivity contribution in [3.8, 4) is 17.0 Å². The number of rotatable bonds is 6. The summed E-state index contributed by atoms with van der Waals surface area (Å²) in [5.74, 6) is 0.772. The number of benzene rings is 2. The molecule has 4 aromatic rings. The first-order valence-electron chi connectivity index (χ1n) is 8.17. The molecule has 2 heterocycles. The summed E-state index contributed by atoms with van der Waals surface area (Å²) in [7, 11) is 1.91. The lowest BCUT2D eigenvalue weighted by molar-refractivity contribution is 0.290. The number of ether oxygens (including phenoxy) is 1. The molecule has 0 radical (unpaired) electrons. The Balaban J connectivity index is 1.66. The molecule has 4 rings (SSSR count). The number of hydrogen-bond donors (Lipinski definition) is 1. The quantitative estimate of drug-likeness (QED) is 0.495. The van der Waals surface area contributed by atoms with Crippen LogP contribution in [0.15, 0.2) is 48.7 Å². The molecular formula is C19H18FN3OS. The van der Waals surface area contributed by atoms with Crippen molar-refractivity contribution >= 4 is 32.2 Å². The summed E-state index contributed by atoms with van der Waals surface area (Å²) in [4.78, 5) is 5.70. The van der Waals surface area contributed by atoms with Crippen LogP contribution < -0.4 is 10.1 Å². The number of fused-ring (bicyclic) bond motifs is 3. The summed E-state index contributed by atoms with van der Waals surface area (Å²) in [5, 5.41) is 3.12. The van der Waals surface area contributed by atoms with E-state index in [1.54, 1.807) is 11.3 Å². The van der Waals surface area contributed by atoms with E-state index in [2.05, 4.69) is 28.0 Å². The topological polar surface area (TPSA) is 38.6 Å². The Morgan fingerprint density at radius 3 is 2.80 bits per heavy atom. The maximum atomic E-state index is 12.2. The molecule has 4 nitrogen and oxygen atoms in total. The van der Waals surface area contributed by atoms with Gasteiger partial charge in [-0.2, -0.15) is 0 Å². The number of alkyl halides is 1. The van der Waals surface area contributed by atoms with Crippen molar-refractivity contribution < 1.29 is 9.13 Å². The first-order valence-corrected chi connectivity index (χ1v) is 8.99. The van der Waals surface area contributed by atoms with Crippen LogP contribution in [0.1, 0.15) is 6.42 Å². The number of hydrogen-bond acceptors (Lipinski definition) is 4. The van der Waals surface area contributed by atoms with E-state index in [9.17, 15) is 4.39 Å². The smallest absolute Gasteiger partial charge is 0.195 e. The fourth-order valence-corrected chi connectivity index (χ4v) is 3.80. The molecule has 2 aromatic carbocycles. The minimum absolute atomic E-state index is 0.354. The number of halogens is 1. The molecule has 0 aliphatic carbocycles. The Bertz CT molecular complexity index is 1010. The Morgan fingerprint density at radius 2 is 2.04 bits per heavy atom. The number of anilines is 1. The molecule has 0 unspecified atom stereocenters. The number of imidazole rings is 1. The third-order valence-electron chi connectivity index (χ3n) is 4.08. The Morgan fingerprint density at radius 1 is 1.20 bits per heavy atom. The van der Waals surface area contributed by atoms with E-state index >= 15 is 0 Å². The van der Waals surface area contributed by atoms with Gasteiger partial charge in [0, 0.05) is 30.9 Å². The SMILES string of the molecule is CNc1ccc(-c2cn3c(n2)sc2cc(OCCCF)ccc23)cc1. The van der Waals surface area contributed by atoms with E-state index in [4.69, 9.17) is 9.72 Å². The van der Waals surface area contributed by atoms with E-state index in [1.807, 2.05) is 37.4 Å². The van der Waals surface area contributed by atoms with Crippen molar-refractivity contribution in [2.75, 3.05) is 25.6 Å². The van der Waals surface area contributed by atoms with Crippen molar-refractivity contribution in [2.24, 2.45) is 0 Å². The van der Waals surface area contributed by atoms with Crippen molar-refractivity contribution in [3.63, 3.8) is 0 Å². The van der Waals surface area contributed by atoms with E-state index in [-0.39, 0.29) is 6.67 Å². The number of aromatic nitrogens is 2. The minimum atomic E-state index is -0.354. The van der Waals surface area contributed by atoms with Crippen molar-refractivity contribution in [1.29, 1.82) is 0 Å². The van der Waals surface area contributed by atoms with Crippen LogP contribution in [0.2, 0.25) is 0 Å². The van der Waals surface area contributed by atoms with Gasteiger partial charge < -0.3 is 10.1 Å². The lowest BCUT2D eigenvalue weighted by Gasteiger charge is -2.04. The second kappa shape index (κ2) is 6.72. The van der Waals surface area contributed by atoms with Gasteiger partial charge in [-0.05, 0) is 30.3 Å². The van der Waals surface area contributed by atoms with Gasteiger partial charge in [0.05, 0.1) is 29.2 Å². The highest BCUT2D eigenvalue weighted by molar-refractivity contribution is 7.23. The second-order valence-corrected chi connectivity index (χ2v) is 6.74. The fraction of sp³-hybridized carbons (Fsp3) is 0.211. The molecule has 0 saturated heterocycles. The van der Waals surface area contributed by atoms with Crippen LogP contribution >= 0.6 is 11.3 Å². The molecule has 128 valence electrons. The van der Waals surface area contributed by atoms with Crippen molar-refractivity contribution in [2.45, 2.75) is 6.42 Å². The van der Waals surface area contributed by atoms with Crippen LogP contribution in [0.3, 0.4) is 0 Å². The van der Waals surface area contributed by atoms with E-state index < -0.39 is 0 Å². The highest BCUT2D eigenvalue weighted by Gasteiger charge is 2.11. The molecule has 1 N–H and O–H groups in total. The fourth-order valence-electron chi connectivity index (χ4n) is 2.76. The summed E-state index contributed by atoms with van der Waals surface area (Å²) >= 11 is 1.62. The zero-order valence-corrected chi connectivity index (χ0v) is 14.6. The second-order valence-electron chi connectivity index (χ2n) is 5.73. The summed E-state index contributed by atoms with van der Waals surface area (Å²) in [6.07, 6.45) is 2.48. The molecule has 0 aliphatic rings. The highest BCUT2D eigenvalue weighted by atomic mass is 32.1. The molecule has 0 fully saturated rings. The first-order chi connectivity index (χ1) is 12.3. The van der Waals surface area contributed by atoms with Gasteiger partial charge in [-0.1, -0.05) is 23.5 Å². The third kappa shape index (κ3) is 3.05. The Hall–Kier alpha value is -2.60. The Labute approximate surface area is 148 Å². The average Bonchev–Trinajstić information content (AvgIpc) is 3.19. The van der Waals surface area contributed by atoms with Gasteiger partial charge in [0.2, 0.25) is 0 Å². The molecule has 6 heteroatoms. The van der Waals surface area contributed by atoms with Crippen molar-refractivity contribution in [3.05, 3.63) is 48.7 Å². The zero-order chi connectivity index (χ0) is 17.2. The predicted octanol–water partition coefficient (Wildman–Crippen LogP) is 5.00. The van der Waals surface area contributed by atoms with E-state index in [0.717, 1.165) is 37.9 Å². The van der Waals surface area contributed by atoms with E-state index in [0.29, 0.717) is 13.0 Å². The lowest BCUT2D eigenvalue weighted by atomic mass is 10.1. The largest absolute Gasteiger partial charge is 0.493 e. The maximum Gasteiger partial charge on any atom is 0.195 e. The molecule has 2 aromatic heterocycles. The van der Waals surface area contributed by atoms with Crippen LogP contribution in [0, 0.1) is 0 Å². The van der Waals surface area contributed by atoms with Crippen LogP contribution in [-0.4, -0.2) is 29.7 Å². The van der Waals surface area contributed by atoms with E-state index in [1.165, 1.54) is 0 Å². The summed E-state index contributed by atoms with van der Waals surface area (Å²) in [6.45, 7) is 0.0461. The van der Waals surface area contributed by atoms with Crippen LogP contribution in [0.4, 0.5) is 10.1 Å². The van der Waals surface area contributed by atoms with Crippen LogP contribution in [0.25, 0.3) is 26.4 Å². The maximum absolute atomic E-state index is 12.2. The summed E-state index contributed by atoms with van der Waals surface area (Å²) in [6, 6.07) is 14.2. The standard InChI is InChI=1S/C19H18FN3OS/c1-21-14-5-3-13(4-6-14)16-12-23-17-8-7-15(24-10-2-9-20)11-18(17)25-19(23)22-16/h3-8,11-12,21H,2,9-10H2,1H3. The van der Waals surface area contributed by atoms with Gasteiger partial charge in [-0.3, -0.25) is 8.79 Å². The van der Waals surface area contributed by atoms with Gasteiger partial charge >= 0.3 is 0 Å². The molecule has 0 aliphatic heterocycles. The lowest BCUT2D eigenvalue weighted by Crippen LogP contribution is -1.97. The summed E-state index contributed by atoms with van der Waals surface area (Å²) < 4.78 is 21.0. The summed E-state index contributed by atoms with van der Waals surface area (Å²) in [5.41, 5.74) is 4.23. The van der Waals surface area contributed by atoms with Gasteiger partial charge in [0.15, 0.2) is 4.96 Å². The third-order valence-corrected chi connectivity index (χ3v) is 5.10. The molecular weight excluding hydrogens is 337 g/mol. The minimum Gasteiger partial charge on any atom is -0.493 e. The van der Waals surface area contributed by atoms with Gasteiger partial charge in [0.25, 0.3) is 0 Å². The Kier molecular flexibility index (Phi) is 4.28. The van der Waals surface area contributed by atoms with Crippen LogP contribution in [-0.2, 0) is 0 Å². The van der Waals surface area contributed by atoms with Crippen LogP contribution in [0.5, 0.6) is 5.75 Å².